The van der Waals surface area contributed by atoms with Crippen molar-refractivity contribution in [2.24, 2.45) is 0 Å². The number of halogens is 1. The highest BCUT2D eigenvalue weighted by atomic mass is 35.5. The maximum Gasteiger partial charge on any atom is 0.365 e. The smallest absolute Gasteiger partial charge is 0.365 e. The van der Waals surface area contributed by atoms with Gasteiger partial charge in [0.25, 0.3) is 0 Å². The summed E-state index contributed by atoms with van der Waals surface area (Å²) >= 11 is 5.80. The van der Waals surface area contributed by atoms with Crippen LogP contribution in [0.15, 0.2) is 24.3 Å². The first-order valence-electron chi connectivity index (χ1n) is 4.57. The van der Waals surface area contributed by atoms with Gasteiger partial charge in [-0.2, -0.15) is 0 Å². The SMILES string of the molecule is COP(=O)(OC)[C@@](C)(O)c1cccc(Cl)c1. The minimum absolute atomic E-state index is 0.382. The van der Waals surface area contributed by atoms with E-state index >= 15 is 0 Å². The quantitative estimate of drug-likeness (QED) is 0.850. The van der Waals surface area contributed by atoms with E-state index in [1.165, 1.54) is 27.2 Å². The molecule has 0 aliphatic rings. The molecule has 90 valence electrons. The van der Waals surface area contributed by atoms with Gasteiger partial charge in [0.1, 0.15) is 0 Å². The Morgan fingerprint density at radius 2 is 1.94 bits per heavy atom. The Labute approximate surface area is 99.7 Å². The number of aliphatic hydroxyl groups is 1. The summed E-state index contributed by atoms with van der Waals surface area (Å²) in [5.41, 5.74) is 0.382. The average Bonchev–Trinajstić information content (AvgIpc) is 2.27. The second-order valence-electron chi connectivity index (χ2n) is 3.39. The highest BCUT2D eigenvalue weighted by molar-refractivity contribution is 7.54. The molecule has 1 N–H and O–H groups in total. The van der Waals surface area contributed by atoms with Crippen molar-refractivity contribution in [3.05, 3.63) is 34.9 Å². The fourth-order valence-electron chi connectivity index (χ4n) is 1.37. The Balaban J connectivity index is 3.25. The van der Waals surface area contributed by atoms with Crippen LogP contribution in [0.3, 0.4) is 0 Å². The van der Waals surface area contributed by atoms with Crippen molar-refractivity contribution in [1.29, 1.82) is 0 Å². The van der Waals surface area contributed by atoms with Crippen molar-refractivity contribution in [3.63, 3.8) is 0 Å². The van der Waals surface area contributed by atoms with Crippen LogP contribution < -0.4 is 0 Å². The van der Waals surface area contributed by atoms with E-state index in [2.05, 4.69) is 0 Å². The molecule has 0 aromatic heterocycles. The van der Waals surface area contributed by atoms with Crippen molar-refractivity contribution >= 4 is 19.2 Å². The lowest BCUT2D eigenvalue weighted by atomic mass is 10.1. The molecule has 0 saturated carbocycles. The summed E-state index contributed by atoms with van der Waals surface area (Å²) < 4.78 is 21.7. The van der Waals surface area contributed by atoms with Crippen LogP contribution in [0, 0.1) is 0 Å². The van der Waals surface area contributed by atoms with Gasteiger partial charge in [0.2, 0.25) is 0 Å². The normalized spacial score (nSPS) is 15.8. The largest absolute Gasteiger partial charge is 0.373 e. The van der Waals surface area contributed by atoms with Crippen LogP contribution >= 0.6 is 19.2 Å². The van der Waals surface area contributed by atoms with E-state index < -0.39 is 12.9 Å². The summed E-state index contributed by atoms with van der Waals surface area (Å²) in [6.45, 7) is 1.37. The minimum Gasteiger partial charge on any atom is -0.373 e. The zero-order valence-corrected chi connectivity index (χ0v) is 11.0. The van der Waals surface area contributed by atoms with Crippen LogP contribution in [0.1, 0.15) is 12.5 Å². The molecule has 0 fully saturated rings. The molecule has 0 aliphatic heterocycles. The van der Waals surface area contributed by atoms with Gasteiger partial charge in [-0.05, 0) is 24.6 Å². The standard InChI is InChI=1S/C10H14ClO4P/c1-10(12,16(13,14-2)15-3)8-5-4-6-9(11)7-8/h4-7,12H,1-3H3/t10-/m1/s1. The average molecular weight is 265 g/mol. The van der Waals surface area contributed by atoms with Crippen molar-refractivity contribution in [2.45, 2.75) is 12.3 Å². The zero-order chi connectivity index (χ0) is 12.4. The molecule has 0 saturated heterocycles. The molecular weight excluding hydrogens is 251 g/mol. The van der Waals surface area contributed by atoms with Crippen LogP contribution in [0.4, 0.5) is 0 Å². The maximum atomic E-state index is 12.1. The van der Waals surface area contributed by atoms with Crippen molar-refractivity contribution in [1.82, 2.24) is 0 Å². The van der Waals surface area contributed by atoms with Gasteiger partial charge in [-0.1, -0.05) is 23.7 Å². The Bertz CT molecular complexity index is 411. The number of hydrogen-bond donors (Lipinski definition) is 1. The molecule has 0 unspecified atom stereocenters. The third kappa shape index (κ3) is 2.31. The molecule has 1 aromatic carbocycles. The van der Waals surface area contributed by atoms with Crippen LogP contribution in [0.2, 0.25) is 5.02 Å². The maximum absolute atomic E-state index is 12.1. The van der Waals surface area contributed by atoms with E-state index in [-0.39, 0.29) is 0 Å². The molecule has 4 nitrogen and oxygen atoms in total. The van der Waals surface area contributed by atoms with Crippen LogP contribution in [-0.4, -0.2) is 19.3 Å². The lowest BCUT2D eigenvalue weighted by Crippen LogP contribution is -2.23. The minimum atomic E-state index is -3.63. The van der Waals surface area contributed by atoms with E-state index in [9.17, 15) is 9.67 Å². The summed E-state index contributed by atoms with van der Waals surface area (Å²) in [7, 11) is -1.18. The lowest BCUT2D eigenvalue weighted by Gasteiger charge is -2.30. The Hall–Kier alpha value is -0.380. The monoisotopic (exact) mass is 264 g/mol. The number of benzene rings is 1. The van der Waals surface area contributed by atoms with Crippen LogP contribution in [0.5, 0.6) is 0 Å². The fourth-order valence-corrected chi connectivity index (χ4v) is 2.88. The van der Waals surface area contributed by atoms with Gasteiger partial charge in [0.15, 0.2) is 5.34 Å². The lowest BCUT2D eigenvalue weighted by molar-refractivity contribution is 0.0932. The fraction of sp³-hybridized carbons (Fsp3) is 0.400. The van der Waals surface area contributed by atoms with Crippen LogP contribution in [-0.2, 0) is 19.0 Å². The first-order chi connectivity index (χ1) is 7.37. The first-order valence-corrected chi connectivity index (χ1v) is 6.49. The van der Waals surface area contributed by atoms with E-state index in [0.29, 0.717) is 10.6 Å². The molecule has 6 heteroatoms. The van der Waals surface area contributed by atoms with Gasteiger partial charge in [-0.25, -0.2) is 0 Å². The molecule has 0 spiro atoms. The van der Waals surface area contributed by atoms with Crippen molar-refractivity contribution in [3.8, 4) is 0 Å². The van der Waals surface area contributed by atoms with Gasteiger partial charge < -0.3 is 14.2 Å². The van der Waals surface area contributed by atoms with Gasteiger partial charge in [-0.3, -0.25) is 4.57 Å². The van der Waals surface area contributed by atoms with E-state index in [1.807, 2.05) is 0 Å². The highest BCUT2D eigenvalue weighted by Crippen LogP contribution is 2.62. The molecular formula is C10H14ClO4P. The van der Waals surface area contributed by atoms with E-state index in [1.54, 1.807) is 18.2 Å². The van der Waals surface area contributed by atoms with Gasteiger partial charge in [0, 0.05) is 19.2 Å². The molecule has 1 atom stereocenters. The van der Waals surface area contributed by atoms with E-state index in [0.717, 1.165) is 0 Å². The molecule has 1 rings (SSSR count). The molecule has 1 aromatic rings. The molecule has 0 heterocycles. The second-order valence-corrected chi connectivity index (χ2v) is 6.43. The first kappa shape index (κ1) is 13.7. The topological polar surface area (TPSA) is 55.8 Å². The molecule has 0 aliphatic carbocycles. The molecule has 16 heavy (non-hydrogen) atoms. The van der Waals surface area contributed by atoms with Gasteiger partial charge in [0.05, 0.1) is 0 Å². The molecule has 0 radical (unpaired) electrons. The summed E-state index contributed by atoms with van der Waals surface area (Å²) in [5.74, 6) is 0. The second kappa shape index (κ2) is 4.86. The van der Waals surface area contributed by atoms with Gasteiger partial charge >= 0.3 is 7.60 Å². The third-order valence-corrected chi connectivity index (χ3v) is 4.91. The Kier molecular flexibility index (Phi) is 4.16. The van der Waals surface area contributed by atoms with Gasteiger partial charge in [-0.15, -0.1) is 0 Å². The summed E-state index contributed by atoms with van der Waals surface area (Å²) in [6, 6.07) is 6.44. The third-order valence-electron chi connectivity index (χ3n) is 2.39. The predicted molar refractivity (Wildman–Crippen MR) is 62.6 cm³/mol. The Morgan fingerprint density at radius 3 is 2.38 bits per heavy atom. The van der Waals surface area contributed by atoms with Crippen LogP contribution in [0.25, 0.3) is 0 Å². The highest BCUT2D eigenvalue weighted by Gasteiger charge is 2.46. The Morgan fingerprint density at radius 1 is 1.38 bits per heavy atom. The molecule has 0 amide bonds. The van der Waals surface area contributed by atoms with Crippen molar-refractivity contribution < 1.29 is 18.7 Å². The summed E-state index contributed by atoms with van der Waals surface area (Å²) in [6.07, 6.45) is 0. The zero-order valence-electron chi connectivity index (χ0n) is 9.31. The molecule has 0 bridgehead atoms. The predicted octanol–water partition coefficient (Wildman–Crippen LogP) is 2.99. The number of hydrogen-bond acceptors (Lipinski definition) is 4. The van der Waals surface area contributed by atoms with E-state index in [4.69, 9.17) is 20.6 Å². The number of rotatable bonds is 4. The van der Waals surface area contributed by atoms with Crippen molar-refractivity contribution in [2.75, 3.05) is 14.2 Å². The summed E-state index contributed by atoms with van der Waals surface area (Å²) in [4.78, 5) is 0. The summed E-state index contributed by atoms with van der Waals surface area (Å²) in [5, 5.41) is 8.96.